The molecule has 0 atom stereocenters. The first-order valence-electron chi connectivity index (χ1n) is 41.2. The second kappa shape index (κ2) is 28.9. The van der Waals surface area contributed by atoms with Crippen molar-refractivity contribution in [3.8, 4) is 91.5 Å². The highest BCUT2D eigenvalue weighted by atomic mass is 79.9. The first-order chi connectivity index (χ1) is 55.9. The van der Waals surface area contributed by atoms with Gasteiger partial charge in [-0.3, -0.25) is 0 Å². The normalized spacial score (nSPS) is 13.2. The molecule has 120 heavy (non-hydrogen) atoms. The van der Waals surface area contributed by atoms with E-state index in [1.807, 2.05) is 0 Å². The van der Waals surface area contributed by atoms with Gasteiger partial charge in [0.05, 0.1) is 17.9 Å². The van der Waals surface area contributed by atoms with Gasteiger partial charge < -0.3 is 28.9 Å². The van der Waals surface area contributed by atoms with Gasteiger partial charge in [0.15, 0.2) is 23.3 Å². The van der Waals surface area contributed by atoms with Gasteiger partial charge in [0.25, 0.3) is 0 Å². The van der Waals surface area contributed by atoms with Gasteiger partial charge in [0.2, 0.25) is 0 Å². The molecule has 0 aliphatic carbocycles. The summed E-state index contributed by atoms with van der Waals surface area (Å²) in [7, 11) is 0. The minimum absolute atomic E-state index is 0.123. The molecule has 0 fully saturated rings. The number of hydrogen-bond donors (Lipinski definition) is 2. The molecule has 3 aromatic heterocycles. The second-order valence-corrected chi connectivity index (χ2v) is 44.5. The minimum atomic E-state index is -0.123. The van der Waals surface area contributed by atoms with Crippen molar-refractivity contribution in [3.05, 3.63) is 232 Å². The summed E-state index contributed by atoms with van der Waals surface area (Å²) in [6.45, 7) is 53.8. The van der Waals surface area contributed by atoms with Gasteiger partial charge in [-0.15, -0.1) is 0 Å². The fourth-order valence-electron chi connectivity index (χ4n) is 15.7. The summed E-state index contributed by atoms with van der Waals surface area (Å²) in [5.74, 6) is 7.51. The number of halogens is 4. The lowest BCUT2D eigenvalue weighted by Gasteiger charge is -2.26. The van der Waals surface area contributed by atoms with Gasteiger partial charge >= 0.3 is 0 Å². The maximum Gasteiger partial charge on any atom is 0.164 e. The molecular weight excluding hydrogens is 1740 g/mol. The number of ether oxygens (including phenoxy) is 4. The van der Waals surface area contributed by atoms with Crippen molar-refractivity contribution in [3.63, 3.8) is 0 Å². The van der Waals surface area contributed by atoms with E-state index in [2.05, 4.69) is 410 Å². The van der Waals surface area contributed by atoms with E-state index in [0.29, 0.717) is 68.9 Å². The van der Waals surface area contributed by atoms with Crippen LogP contribution in [0.2, 0.25) is 0 Å². The monoisotopic (exact) mass is 1840 g/mol. The molecule has 2 aliphatic heterocycles. The van der Waals surface area contributed by atoms with Gasteiger partial charge in [0, 0.05) is 43.8 Å². The fraction of sp³-hybridized carbons (Fsp3) is 0.308. The summed E-state index contributed by atoms with van der Waals surface area (Å²) in [4.78, 5) is 41.5. The van der Waals surface area contributed by atoms with E-state index in [1.165, 1.54) is 44.5 Å². The van der Waals surface area contributed by atoms with Gasteiger partial charge in [-0.2, -0.15) is 0 Å². The van der Waals surface area contributed by atoms with Gasteiger partial charge in [-0.05, 0) is 340 Å². The molecule has 610 valence electrons. The van der Waals surface area contributed by atoms with E-state index >= 15 is 0 Å². The summed E-state index contributed by atoms with van der Waals surface area (Å²) >= 11 is 16.0. The fourth-order valence-corrected chi connectivity index (χ4v) is 17.5. The SMILES string of the molecule is CC(C)(C)c1cc(Oc2cc3cc4c(cc3cc2Br)-c2nc-4nc3[nH]c(nc4nc(nc5[nH]c(n2)c2cc6cc(Oc7cc(C(C)(C)C)cc(C(C)(C)C)c7)c(Br)cc6cc52)-c2cc5cc(Oc6cc(C(C)(C)C)cc(C(C)(C)C)c6)c(Br)cc5cc2-4)c2cc4cc(Oc5cc(C(C)(C)C)cc(C(C)(C)C)c5)c(Br)cc4cc32)cc(C(C)(C)C)c1. The van der Waals surface area contributed by atoms with Crippen LogP contribution in [0.25, 0.3) is 133 Å². The van der Waals surface area contributed by atoms with E-state index < -0.39 is 0 Å². The van der Waals surface area contributed by atoms with Crippen LogP contribution < -0.4 is 18.9 Å². The lowest BCUT2D eigenvalue weighted by Crippen LogP contribution is -2.16. The maximum atomic E-state index is 7.01. The van der Waals surface area contributed by atoms with E-state index in [0.717, 1.165) is 128 Å². The van der Waals surface area contributed by atoms with E-state index in [1.54, 1.807) is 0 Å². The molecule has 12 nitrogen and oxygen atoms in total. The van der Waals surface area contributed by atoms with Crippen LogP contribution >= 0.6 is 63.7 Å². The first-order valence-corrected chi connectivity index (χ1v) is 44.4. The number of rotatable bonds is 8. The highest BCUT2D eigenvalue weighted by Crippen LogP contribution is 2.49. The van der Waals surface area contributed by atoms with Gasteiger partial charge in [0.1, 0.15) is 68.6 Å². The Kier molecular flexibility index (Phi) is 19.9. The Hall–Kier alpha value is -9.84. The molecule has 2 aliphatic rings. The molecule has 0 unspecified atom stereocenters. The smallest absolute Gasteiger partial charge is 0.164 e. The molecule has 0 radical (unpaired) electrons. The molecule has 0 spiro atoms. The summed E-state index contributed by atoms with van der Waals surface area (Å²) in [5.41, 5.74) is 13.8. The van der Waals surface area contributed by atoms with Crippen LogP contribution in [-0.4, -0.2) is 39.9 Å². The van der Waals surface area contributed by atoms with Crippen molar-refractivity contribution in [2.75, 3.05) is 0 Å². The van der Waals surface area contributed by atoms with Crippen molar-refractivity contribution in [1.82, 2.24) is 39.9 Å². The lowest BCUT2D eigenvalue weighted by atomic mass is 9.80. The van der Waals surface area contributed by atoms with E-state index in [9.17, 15) is 0 Å². The van der Waals surface area contributed by atoms with Crippen molar-refractivity contribution in [2.24, 2.45) is 0 Å². The topological polar surface area (TPSA) is 146 Å². The Morgan fingerprint density at radius 3 is 0.550 bits per heavy atom. The Bertz CT molecular complexity index is 6510. The average molecular weight is 1850 g/mol. The van der Waals surface area contributed by atoms with Crippen LogP contribution in [0.15, 0.2) is 188 Å². The third-order valence-corrected chi connectivity index (χ3v) is 25.8. The van der Waals surface area contributed by atoms with Crippen LogP contribution in [-0.2, 0) is 43.3 Å². The molecule has 12 aromatic carbocycles. The molecular formula is C104H102Br4N8O4. The number of H-pyrrole nitrogens is 2. The predicted octanol–water partition coefficient (Wildman–Crippen LogP) is 32.1. The molecule has 17 rings (SSSR count). The number of aromatic nitrogens is 8. The zero-order valence-corrected chi connectivity index (χ0v) is 79.3. The molecule has 0 amide bonds. The highest BCUT2D eigenvalue weighted by Gasteiger charge is 2.31. The van der Waals surface area contributed by atoms with Crippen molar-refractivity contribution < 1.29 is 18.9 Å². The van der Waals surface area contributed by atoms with E-state index in [-0.39, 0.29) is 43.3 Å². The van der Waals surface area contributed by atoms with Crippen LogP contribution in [0.5, 0.6) is 46.0 Å². The van der Waals surface area contributed by atoms with E-state index in [4.69, 9.17) is 48.9 Å². The molecule has 16 heteroatoms. The van der Waals surface area contributed by atoms with Crippen LogP contribution in [0.1, 0.15) is 211 Å². The second-order valence-electron chi connectivity index (χ2n) is 41.1. The van der Waals surface area contributed by atoms with Crippen LogP contribution in [0.3, 0.4) is 0 Å². The summed E-state index contributed by atoms with van der Waals surface area (Å²) in [6.07, 6.45) is 0. The largest absolute Gasteiger partial charge is 0.456 e. The number of fused-ring (bicyclic) bond motifs is 24. The number of nitrogens with one attached hydrogen (secondary N) is 2. The zero-order valence-electron chi connectivity index (χ0n) is 73.0. The Morgan fingerprint density at radius 1 is 0.200 bits per heavy atom. The third-order valence-electron chi connectivity index (χ3n) is 23.3. The minimum Gasteiger partial charge on any atom is -0.456 e. The van der Waals surface area contributed by atoms with Gasteiger partial charge in [-0.25, -0.2) is 29.9 Å². The average Bonchev–Trinajstić information content (AvgIpc) is 1.56. The van der Waals surface area contributed by atoms with Gasteiger partial charge in [-0.1, -0.05) is 190 Å². The van der Waals surface area contributed by atoms with Crippen LogP contribution in [0, 0.1) is 0 Å². The standard InChI is InChI=1S/C104H102Br4N8O4/c1-97(2,3)61-41-62(98(4,5)6)46-69(45-61)117-85-37-57-29-77-73(25-53(57)33-81(85)105)89-109-93(77)113-90-74-26-54-34-82(106)86(118-70-47-63(99(7,8)9)42-64(48-70)100(10,11)12)38-58(54)30-78(74)95(110-90)115-92-76-28-56-36-84(108)88(120-72-51-67(103(19,20)21)44-68(52-72)104(22,23)24)40-60(56)32-80(76)96(112-92)116-91-75-27-55-35-83(107)87(39-59(55)31-79(75)94(111-91)114-89)119-71-49-65(101(13,14)15)43-66(50-71)102(16,17)18/h25-52H,1-24H3,(H2,109,110,111,112,113,114,115,116). The molecule has 15 aromatic rings. The van der Waals surface area contributed by atoms with Crippen molar-refractivity contribution in [1.29, 1.82) is 0 Å². The zero-order chi connectivity index (χ0) is 85.7. The van der Waals surface area contributed by atoms with Crippen molar-refractivity contribution >= 4 is 151 Å². The summed E-state index contributed by atoms with van der Waals surface area (Å²) in [5, 5.41) is 10.7. The van der Waals surface area contributed by atoms with Crippen LogP contribution in [0.4, 0.5) is 0 Å². The maximum absolute atomic E-state index is 7.01. The molecule has 8 bridgehead atoms. The first kappa shape index (κ1) is 82.5. The molecule has 5 heterocycles. The Morgan fingerprint density at radius 2 is 0.367 bits per heavy atom. The molecule has 2 N–H and O–H groups in total. The number of aromatic amines is 2. The number of nitrogens with zero attached hydrogens (tertiary/aromatic N) is 6. The number of hydrogen-bond acceptors (Lipinski definition) is 10. The van der Waals surface area contributed by atoms with Crippen molar-refractivity contribution in [2.45, 2.75) is 209 Å². The number of benzene rings is 12. The highest BCUT2D eigenvalue weighted by molar-refractivity contribution is 9.11. The summed E-state index contributed by atoms with van der Waals surface area (Å²) in [6, 6.07) is 60.8. The Labute approximate surface area is 737 Å². The lowest BCUT2D eigenvalue weighted by molar-refractivity contribution is 0.471. The quantitative estimate of drug-likeness (QED) is 0.151. The summed E-state index contributed by atoms with van der Waals surface area (Å²) < 4.78 is 31.2. The Balaban J connectivity index is 0.925. The predicted molar refractivity (Wildman–Crippen MR) is 513 cm³/mol. The third kappa shape index (κ3) is 16.1. The molecule has 0 saturated carbocycles. The molecule has 0 saturated heterocycles.